The first-order valence-corrected chi connectivity index (χ1v) is 9.90. The van der Waals surface area contributed by atoms with Gasteiger partial charge in [-0.15, -0.1) is 22.7 Å². The fourth-order valence-corrected chi connectivity index (χ4v) is 4.64. The van der Waals surface area contributed by atoms with Crippen molar-refractivity contribution in [1.82, 2.24) is 4.90 Å². The molecule has 1 fully saturated rings. The highest BCUT2D eigenvalue weighted by Gasteiger charge is 2.20. The van der Waals surface area contributed by atoms with Gasteiger partial charge in [-0.3, -0.25) is 4.79 Å². The molecule has 0 bridgehead atoms. The van der Waals surface area contributed by atoms with Gasteiger partial charge in [0.1, 0.15) is 0 Å². The average molecular weight is 334 g/mol. The first kappa shape index (κ1) is 15.8. The van der Waals surface area contributed by atoms with Crippen LogP contribution in [0.4, 0.5) is 0 Å². The molecule has 0 radical (unpaired) electrons. The number of thiophene rings is 2. The Bertz CT molecular complexity index is 520. The zero-order chi connectivity index (χ0) is 15.2. The number of hydrogen-bond acceptors (Lipinski definition) is 3. The van der Waals surface area contributed by atoms with E-state index in [1.807, 2.05) is 4.90 Å². The zero-order valence-electron chi connectivity index (χ0n) is 12.9. The van der Waals surface area contributed by atoms with Crippen LogP contribution in [0.2, 0.25) is 0 Å². The van der Waals surface area contributed by atoms with Crippen LogP contribution in [0.15, 0.2) is 35.0 Å². The van der Waals surface area contributed by atoms with E-state index in [9.17, 15) is 4.79 Å². The summed E-state index contributed by atoms with van der Waals surface area (Å²) in [4.78, 5) is 17.3. The van der Waals surface area contributed by atoms with Gasteiger partial charge in [-0.2, -0.15) is 0 Å². The highest BCUT2D eigenvalue weighted by Crippen LogP contribution is 2.29. The molecule has 0 spiro atoms. The molecule has 2 aromatic heterocycles. The molecule has 1 aliphatic carbocycles. The topological polar surface area (TPSA) is 20.3 Å². The Morgan fingerprint density at radius 1 is 1.05 bits per heavy atom. The van der Waals surface area contributed by atoms with Gasteiger partial charge in [-0.1, -0.05) is 37.8 Å². The molecule has 0 unspecified atom stereocenters. The lowest BCUT2D eigenvalue weighted by Crippen LogP contribution is -2.29. The Hall–Kier alpha value is -1.13. The number of carbonyl (C=O) groups excluding carboxylic acids is 1. The minimum Gasteiger partial charge on any atom is -0.332 e. The predicted octanol–water partition coefficient (Wildman–Crippen LogP) is 5.31. The van der Waals surface area contributed by atoms with E-state index in [0.717, 1.165) is 25.4 Å². The number of nitrogens with zero attached hydrogens (tertiary/aromatic N) is 1. The molecule has 0 aromatic carbocycles. The van der Waals surface area contributed by atoms with Crippen LogP contribution in [-0.2, 0) is 17.9 Å². The first-order chi connectivity index (χ1) is 10.8. The molecule has 1 amide bonds. The lowest BCUT2D eigenvalue weighted by molar-refractivity contribution is -0.132. The highest BCUT2D eigenvalue weighted by atomic mass is 32.1. The summed E-state index contributed by atoms with van der Waals surface area (Å²) in [5, 5.41) is 4.17. The van der Waals surface area contributed by atoms with Crippen LogP contribution in [0, 0.1) is 5.92 Å². The van der Waals surface area contributed by atoms with Gasteiger partial charge < -0.3 is 4.90 Å². The van der Waals surface area contributed by atoms with Crippen molar-refractivity contribution >= 4 is 28.6 Å². The lowest BCUT2D eigenvalue weighted by atomic mass is 10.0. The third kappa shape index (κ3) is 4.43. The molecular weight excluding hydrogens is 310 g/mol. The lowest BCUT2D eigenvalue weighted by Gasteiger charge is -2.22. The van der Waals surface area contributed by atoms with Crippen LogP contribution in [0.1, 0.15) is 48.3 Å². The van der Waals surface area contributed by atoms with Gasteiger partial charge in [0, 0.05) is 16.2 Å². The Morgan fingerprint density at radius 3 is 2.14 bits per heavy atom. The molecule has 2 heterocycles. The minimum absolute atomic E-state index is 0.314. The van der Waals surface area contributed by atoms with Crippen molar-refractivity contribution in [2.45, 2.75) is 51.6 Å². The van der Waals surface area contributed by atoms with Crippen molar-refractivity contribution in [3.8, 4) is 0 Å². The molecule has 0 atom stereocenters. The maximum atomic E-state index is 12.7. The fourth-order valence-electron chi connectivity index (χ4n) is 3.20. The second-order valence-electron chi connectivity index (χ2n) is 6.10. The van der Waals surface area contributed by atoms with E-state index < -0.39 is 0 Å². The first-order valence-electron chi connectivity index (χ1n) is 8.14. The second kappa shape index (κ2) is 7.93. The van der Waals surface area contributed by atoms with E-state index in [2.05, 4.69) is 35.0 Å². The molecule has 22 heavy (non-hydrogen) atoms. The van der Waals surface area contributed by atoms with E-state index in [-0.39, 0.29) is 0 Å². The van der Waals surface area contributed by atoms with Gasteiger partial charge in [0.25, 0.3) is 0 Å². The molecule has 118 valence electrons. The largest absolute Gasteiger partial charge is 0.332 e. The molecular formula is C18H23NOS2. The fraction of sp³-hybridized carbons (Fsp3) is 0.500. The summed E-state index contributed by atoms with van der Waals surface area (Å²) in [6.07, 6.45) is 7.14. The molecule has 0 N–H and O–H groups in total. The molecule has 1 saturated carbocycles. The van der Waals surface area contributed by atoms with Crippen LogP contribution in [-0.4, -0.2) is 10.8 Å². The van der Waals surface area contributed by atoms with Gasteiger partial charge in [-0.25, -0.2) is 0 Å². The van der Waals surface area contributed by atoms with Crippen LogP contribution >= 0.6 is 22.7 Å². The van der Waals surface area contributed by atoms with Crippen LogP contribution in [0.25, 0.3) is 0 Å². The Labute approximate surface area is 140 Å². The molecule has 1 aliphatic rings. The highest BCUT2D eigenvalue weighted by molar-refractivity contribution is 7.10. The van der Waals surface area contributed by atoms with Crippen molar-refractivity contribution in [1.29, 1.82) is 0 Å². The SMILES string of the molecule is O=C(CCC1CCCC1)N(Cc1cccs1)Cc1cccs1. The van der Waals surface area contributed by atoms with Crippen LogP contribution in [0.3, 0.4) is 0 Å². The summed E-state index contributed by atoms with van der Waals surface area (Å²) >= 11 is 3.47. The van der Waals surface area contributed by atoms with Crippen LogP contribution < -0.4 is 0 Å². The summed E-state index contributed by atoms with van der Waals surface area (Å²) < 4.78 is 0. The van der Waals surface area contributed by atoms with Crippen molar-refractivity contribution in [2.24, 2.45) is 5.92 Å². The summed E-state index contributed by atoms with van der Waals surface area (Å²) in [6, 6.07) is 8.37. The normalized spacial score (nSPS) is 15.3. The molecule has 4 heteroatoms. The van der Waals surface area contributed by atoms with Gasteiger partial charge in [0.2, 0.25) is 5.91 Å². The number of hydrogen-bond donors (Lipinski definition) is 0. The molecule has 2 aromatic rings. The average Bonchev–Trinajstić information content (AvgIpc) is 3.27. The Kier molecular flexibility index (Phi) is 5.68. The van der Waals surface area contributed by atoms with Gasteiger partial charge in [-0.05, 0) is 35.2 Å². The van der Waals surface area contributed by atoms with Crippen molar-refractivity contribution in [2.75, 3.05) is 0 Å². The Balaban J connectivity index is 1.59. The zero-order valence-corrected chi connectivity index (χ0v) is 14.5. The van der Waals surface area contributed by atoms with E-state index in [0.29, 0.717) is 12.3 Å². The maximum Gasteiger partial charge on any atom is 0.223 e. The molecule has 3 rings (SSSR count). The smallest absolute Gasteiger partial charge is 0.223 e. The predicted molar refractivity (Wildman–Crippen MR) is 94.1 cm³/mol. The maximum absolute atomic E-state index is 12.7. The summed E-state index contributed by atoms with van der Waals surface area (Å²) in [5.74, 6) is 1.10. The van der Waals surface area contributed by atoms with E-state index in [4.69, 9.17) is 0 Å². The third-order valence-corrected chi connectivity index (χ3v) is 6.17. The molecule has 2 nitrogen and oxygen atoms in total. The standard InChI is InChI=1S/C18H23NOS2/c20-18(10-9-15-5-1-2-6-15)19(13-16-7-3-11-21-16)14-17-8-4-12-22-17/h3-4,7-8,11-12,15H,1-2,5-6,9-10,13-14H2. The van der Waals surface area contributed by atoms with Crippen molar-refractivity contribution < 1.29 is 4.79 Å². The Morgan fingerprint density at radius 2 is 1.64 bits per heavy atom. The van der Waals surface area contributed by atoms with Crippen molar-refractivity contribution in [3.63, 3.8) is 0 Å². The van der Waals surface area contributed by atoms with Crippen molar-refractivity contribution in [3.05, 3.63) is 44.8 Å². The monoisotopic (exact) mass is 333 g/mol. The summed E-state index contributed by atoms with van der Waals surface area (Å²) in [5.41, 5.74) is 0. The minimum atomic E-state index is 0.314. The van der Waals surface area contributed by atoms with E-state index in [1.54, 1.807) is 22.7 Å². The van der Waals surface area contributed by atoms with E-state index >= 15 is 0 Å². The van der Waals surface area contributed by atoms with Gasteiger partial charge in [0.15, 0.2) is 0 Å². The van der Waals surface area contributed by atoms with Gasteiger partial charge in [0.05, 0.1) is 13.1 Å². The molecule has 0 aliphatic heterocycles. The quantitative estimate of drug-likeness (QED) is 0.672. The number of amides is 1. The summed E-state index contributed by atoms with van der Waals surface area (Å²) in [7, 11) is 0. The van der Waals surface area contributed by atoms with Gasteiger partial charge >= 0.3 is 0 Å². The number of rotatable bonds is 7. The van der Waals surface area contributed by atoms with E-state index in [1.165, 1.54) is 35.4 Å². The summed E-state index contributed by atoms with van der Waals surface area (Å²) in [6.45, 7) is 1.50. The van der Waals surface area contributed by atoms with Crippen LogP contribution in [0.5, 0.6) is 0 Å². The molecule has 0 saturated heterocycles. The third-order valence-electron chi connectivity index (χ3n) is 4.45. The second-order valence-corrected chi connectivity index (χ2v) is 8.16. The number of carbonyl (C=O) groups is 1.